The van der Waals surface area contributed by atoms with Crippen molar-refractivity contribution in [2.45, 2.75) is 19.9 Å². The maximum absolute atomic E-state index is 13.0. The lowest BCUT2D eigenvalue weighted by atomic mass is 10.2. The molecule has 1 saturated heterocycles. The van der Waals surface area contributed by atoms with Crippen LogP contribution in [0.2, 0.25) is 0 Å². The third-order valence-corrected chi connectivity index (χ3v) is 3.79. The zero-order valence-electron chi connectivity index (χ0n) is 13.0. The molecule has 1 atom stereocenters. The summed E-state index contributed by atoms with van der Waals surface area (Å²) in [5, 5.41) is 7.53. The van der Waals surface area contributed by atoms with Gasteiger partial charge in [0.1, 0.15) is 11.6 Å². The average molecular weight is 340 g/mol. The number of halogens is 2. The summed E-state index contributed by atoms with van der Waals surface area (Å²) in [5.41, 5.74) is 0.679. The van der Waals surface area contributed by atoms with Crippen molar-refractivity contribution < 1.29 is 9.18 Å². The van der Waals surface area contributed by atoms with Gasteiger partial charge in [-0.15, -0.1) is 17.5 Å². The summed E-state index contributed by atoms with van der Waals surface area (Å²) in [7, 11) is 0. The normalized spacial score (nSPS) is 17.7. The van der Waals surface area contributed by atoms with Crippen molar-refractivity contribution in [2.24, 2.45) is 0 Å². The number of benzene rings is 1. The van der Waals surface area contributed by atoms with E-state index in [4.69, 9.17) is 0 Å². The summed E-state index contributed by atoms with van der Waals surface area (Å²) in [4.78, 5) is 18.6. The fourth-order valence-electron chi connectivity index (χ4n) is 2.58. The molecule has 1 aromatic heterocycles. The zero-order valence-corrected chi connectivity index (χ0v) is 13.8. The third kappa shape index (κ3) is 3.51. The Kier molecular flexibility index (Phi) is 5.33. The van der Waals surface area contributed by atoms with Crippen molar-refractivity contribution in [2.75, 3.05) is 19.6 Å². The van der Waals surface area contributed by atoms with E-state index in [1.54, 1.807) is 28.6 Å². The first-order valence-electron chi connectivity index (χ1n) is 7.27. The van der Waals surface area contributed by atoms with Crippen LogP contribution in [0, 0.1) is 12.7 Å². The number of piperazine rings is 1. The monoisotopic (exact) mass is 339 g/mol. The molecule has 0 unspecified atom stereocenters. The Morgan fingerprint density at radius 2 is 2.04 bits per heavy atom. The maximum atomic E-state index is 13.0. The van der Waals surface area contributed by atoms with Crippen molar-refractivity contribution in [3.63, 3.8) is 0 Å². The lowest BCUT2D eigenvalue weighted by Gasteiger charge is -2.33. The lowest BCUT2D eigenvalue weighted by molar-refractivity contribution is 0.0643. The minimum atomic E-state index is -0.313. The summed E-state index contributed by atoms with van der Waals surface area (Å²) >= 11 is 0. The van der Waals surface area contributed by atoms with E-state index in [0.29, 0.717) is 18.1 Å². The first-order valence-corrected chi connectivity index (χ1v) is 7.27. The van der Waals surface area contributed by atoms with E-state index in [9.17, 15) is 9.18 Å². The summed E-state index contributed by atoms with van der Waals surface area (Å²) in [5.74, 6) is 0.291. The Balaban J connectivity index is 0.00000192. The number of nitrogens with one attached hydrogen (secondary N) is 1. The zero-order chi connectivity index (χ0) is 15.7. The van der Waals surface area contributed by atoms with E-state index >= 15 is 0 Å². The van der Waals surface area contributed by atoms with Crippen LogP contribution in [0.25, 0.3) is 5.69 Å². The van der Waals surface area contributed by atoms with Crippen molar-refractivity contribution >= 4 is 18.3 Å². The van der Waals surface area contributed by atoms with Gasteiger partial charge in [-0.2, -0.15) is 0 Å². The summed E-state index contributed by atoms with van der Waals surface area (Å²) in [6, 6.07) is 6.05. The molecule has 0 bridgehead atoms. The Morgan fingerprint density at radius 1 is 1.35 bits per heavy atom. The fraction of sp³-hybridized carbons (Fsp3) is 0.400. The molecule has 1 fully saturated rings. The molecule has 1 aliphatic rings. The minimum Gasteiger partial charge on any atom is -0.331 e. The highest BCUT2D eigenvalue weighted by molar-refractivity contribution is 5.90. The molecule has 2 aromatic rings. The summed E-state index contributed by atoms with van der Waals surface area (Å²) < 4.78 is 14.6. The van der Waals surface area contributed by atoms with Gasteiger partial charge in [0, 0.05) is 25.7 Å². The number of aromatic nitrogens is 3. The van der Waals surface area contributed by atoms with Gasteiger partial charge < -0.3 is 10.2 Å². The first-order chi connectivity index (χ1) is 10.6. The lowest BCUT2D eigenvalue weighted by Crippen LogP contribution is -2.52. The van der Waals surface area contributed by atoms with Crippen molar-refractivity contribution in [1.29, 1.82) is 0 Å². The number of nitrogens with zero attached hydrogens (tertiary/aromatic N) is 4. The van der Waals surface area contributed by atoms with E-state index < -0.39 is 0 Å². The molecule has 124 valence electrons. The molecule has 1 aliphatic heterocycles. The third-order valence-electron chi connectivity index (χ3n) is 3.79. The Morgan fingerprint density at radius 3 is 2.70 bits per heavy atom. The van der Waals surface area contributed by atoms with E-state index in [0.717, 1.165) is 13.1 Å². The molecule has 0 aliphatic carbocycles. The standard InChI is InChI=1S/C15H18FN5O.ClH/c1-10-9-17-7-8-20(10)15(22)14-18-11(2)21(19-14)13-5-3-12(16)4-6-13;/h3-6,10,17H,7-9H2,1-2H3;1H/t10-;/m1./s1. The SMILES string of the molecule is Cc1nc(C(=O)N2CCNC[C@H]2C)nn1-c1ccc(F)cc1.Cl. The van der Waals surface area contributed by atoms with Gasteiger partial charge >= 0.3 is 0 Å². The number of carbonyl (C=O) groups is 1. The van der Waals surface area contributed by atoms with E-state index in [1.165, 1.54) is 12.1 Å². The van der Waals surface area contributed by atoms with Crippen LogP contribution in [0.15, 0.2) is 24.3 Å². The van der Waals surface area contributed by atoms with Crippen LogP contribution >= 0.6 is 12.4 Å². The van der Waals surface area contributed by atoms with Gasteiger partial charge in [0.15, 0.2) is 0 Å². The summed E-state index contributed by atoms with van der Waals surface area (Å²) in [6.07, 6.45) is 0. The molecule has 0 saturated carbocycles. The Bertz CT molecular complexity index is 688. The number of amides is 1. The molecule has 23 heavy (non-hydrogen) atoms. The summed E-state index contributed by atoms with van der Waals surface area (Å²) in [6.45, 7) is 5.95. The second-order valence-corrected chi connectivity index (χ2v) is 5.42. The molecule has 2 heterocycles. The Labute approximate surface area is 140 Å². The molecular formula is C15H19ClFN5O. The molecule has 1 aromatic carbocycles. The van der Waals surface area contributed by atoms with Crippen LogP contribution in [0.1, 0.15) is 23.4 Å². The minimum absolute atomic E-state index is 0. The van der Waals surface area contributed by atoms with Crippen molar-refractivity contribution in [1.82, 2.24) is 25.0 Å². The number of aryl methyl sites for hydroxylation is 1. The van der Waals surface area contributed by atoms with Crippen LogP contribution in [-0.2, 0) is 0 Å². The second kappa shape index (κ2) is 7.06. The van der Waals surface area contributed by atoms with E-state index in [2.05, 4.69) is 15.4 Å². The highest BCUT2D eigenvalue weighted by Crippen LogP contribution is 2.13. The van der Waals surface area contributed by atoms with Crippen LogP contribution in [0.5, 0.6) is 0 Å². The molecule has 1 N–H and O–H groups in total. The van der Waals surface area contributed by atoms with Gasteiger partial charge in [0.2, 0.25) is 5.82 Å². The highest BCUT2D eigenvalue weighted by atomic mass is 35.5. The van der Waals surface area contributed by atoms with E-state index in [1.807, 2.05) is 6.92 Å². The number of carbonyl (C=O) groups excluding carboxylic acids is 1. The fourth-order valence-corrected chi connectivity index (χ4v) is 2.58. The van der Waals surface area contributed by atoms with Gasteiger partial charge in [-0.05, 0) is 38.1 Å². The molecule has 0 spiro atoms. The molecule has 3 rings (SSSR count). The molecule has 1 amide bonds. The quantitative estimate of drug-likeness (QED) is 0.902. The Hall–Kier alpha value is -1.99. The predicted molar refractivity (Wildman–Crippen MR) is 86.7 cm³/mol. The van der Waals surface area contributed by atoms with Crippen LogP contribution in [0.3, 0.4) is 0 Å². The second-order valence-electron chi connectivity index (χ2n) is 5.42. The van der Waals surface area contributed by atoms with Crippen molar-refractivity contribution in [3.05, 3.63) is 41.7 Å². The van der Waals surface area contributed by atoms with Gasteiger partial charge in [-0.25, -0.2) is 14.1 Å². The smallest absolute Gasteiger partial charge is 0.293 e. The van der Waals surface area contributed by atoms with Crippen molar-refractivity contribution in [3.8, 4) is 5.69 Å². The van der Waals surface area contributed by atoms with Gasteiger partial charge in [0.25, 0.3) is 5.91 Å². The number of rotatable bonds is 2. The van der Waals surface area contributed by atoms with Crippen LogP contribution in [-0.4, -0.2) is 51.2 Å². The first kappa shape index (κ1) is 17.4. The maximum Gasteiger partial charge on any atom is 0.293 e. The van der Waals surface area contributed by atoms with Crippen LogP contribution < -0.4 is 5.32 Å². The number of hydrogen-bond acceptors (Lipinski definition) is 4. The van der Waals surface area contributed by atoms with Gasteiger partial charge in [0.05, 0.1) is 5.69 Å². The molecule has 6 nitrogen and oxygen atoms in total. The average Bonchev–Trinajstić information content (AvgIpc) is 2.90. The largest absolute Gasteiger partial charge is 0.331 e. The van der Waals surface area contributed by atoms with E-state index in [-0.39, 0.29) is 36.0 Å². The topological polar surface area (TPSA) is 63.1 Å². The predicted octanol–water partition coefficient (Wildman–Crippen LogP) is 1.57. The molecular weight excluding hydrogens is 321 g/mol. The number of hydrogen-bond donors (Lipinski definition) is 1. The van der Waals surface area contributed by atoms with Gasteiger partial charge in [-0.3, -0.25) is 4.79 Å². The van der Waals surface area contributed by atoms with Crippen LogP contribution in [0.4, 0.5) is 4.39 Å². The molecule has 0 radical (unpaired) electrons. The highest BCUT2D eigenvalue weighted by Gasteiger charge is 2.27. The van der Waals surface area contributed by atoms with Gasteiger partial charge in [-0.1, -0.05) is 0 Å². The molecule has 8 heteroatoms.